The van der Waals surface area contributed by atoms with Crippen LogP contribution in [0, 0.1) is 23.7 Å². The van der Waals surface area contributed by atoms with Crippen LogP contribution in [0.2, 0.25) is 5.02 Å². The van der Waals surface area contributed by atoms with E-state index in [-0.39, 0.29) is 5.56 Å². The van der Waals surface area contributed by atoms with E-state index in [4.69, 9.17) is 21.5 Å². The summed E-state index contributed by atoms with van der Waals surface area (Å²) in [4.78, 5) is 24.4. The van der Waals surface area contributed by atoms with E-state index in [1.165, 1.54) is 29.7 Å². The minimum atomic E-state index is -3.12. The summed E-state index contributed by atoms with van der Waals surface area (Å²) in [5.74, 6) is 8.99. The first-order chi connectivity index (χ1) is 15.2. The molecule has 0 saturated heterocycles. The van der Waals surface area contributed by atoms with Gasteiger partial charge in [-0.05, 0) is 67.3 Å². The van der Waals surface area contributed by atoms with Crippen molar-refractivity contribution in [3.63, 3.8) is 0 Å². The zero-order valence-electron chi connectivity index (χ0n) is 17.1. The molecule has 0 spiro atoms. The van der Waals surface area contributed by atoms with Crippen molar-refractivity contribution in [2.45, 2.75) is 25.0 Å². The Bertz CT molecular complexity index is 1080. The second kappa shape index (κ2) is 11.3. The number of methoxy groups -OCH3 is 1. The Morgan fingerprint density at radius 3 is 1.97 bits per heavy atom. The average molecular weight is 461 g/mol. The maximum Gasteiger partial charge on any atom is 0.269 e. The largest absolute Gasteiger partial charge is 0.370 e. The highest BCUT2D eigenvalue weighted by molar-refractivity contribution is 6.30. The van der Waals surface area contributed by atoms with Gasteiger partial charge in [-0.2, -0.15) is 0 Å². The summed E-state index contributed by atoms with van der Waals surface area (Å²) in [6, 6.07) is 11.0. The van der Waals surface area contributed by atoms with Crippen LogP contribution in [0.25, 0.3) is 0 Å². The molecule has 0 aliphatic heterocycles. The summed E-state index contributed by atoms with van der Waals surface area (Å²) in [5.41, 5.74) is 0.304. The number of nitrogens with one attached hydrogen (secondary N) is 2. The number of amides is 2. The quantitative estimate of drug-likeness (QED) is 0.351. The van der Waals surface area contributed by atoms with Crippen LogP contribution in [-0.4, -0.2) is 42.2 Å². The molecule has 0 heterocycles. The van der Waals surface area contributed by atoms with Crippen LogP contribution < -0.4 is 10.8 Å². The summed E-state index contributed by atoms with van der Waals surface area (Å²) in [6.07, 6.45) is -3.12. The van der Waals surface area contributed by atoms with Gasteiger partial charge in [-0.1, -0.05) is 23.4 Å². The number of ether oxygens (including phenoxy) is 1. The van der Waals surface area contributed by atoms with Gasteiger partial charge in [-0.3, -0.25) is 14.8 Å². The lowest BCUT2D eigenvalue weighted by Gasteiger charge is -2.34. The molecule has 2 atom stereocenters. The molecule has 2 aromatic rings. The number of carbonyl (C=O) groups is 2. The zero-order chi connectivity index (χ0) is 23.7. The van der Waals surface area contributed by atoms with Gasteiger partial charge in [0, 0.05) is 28.8 Å². The van der Waals surface area contributed by atoms with Gasteiger partial charge < -0.3 is 10.1 Å². The van der Waals surface area contributed by atoms with Crippen LogP contribution in [-0.2, 0) is 9.53 Å². The highest BCUT2D eigenvalue weighted by Crippen LogP contribution is 2.24. The lowest BCUT2D eigenvalue weighted by molar-refractivity contribution is -0.157. The van der Waals surface area contributed by atoms with Crippen LogP contribution in [0.15, 0.2) is 48.5 Å². The van der Waals surface area contributed by atoms with Crippen molar-refractivity contribution in [3.8, 4) is 23.7 Å². The minimum absolute atomic E-state index is 0.0891. The van der Waals surface area contributed by atoms with Crippen LogP contribution >= 0.6 is 11.6 Å². The third-order valence-electron chi connectivity index (χ3n) is 4.56. The summed E-state index contributed by atoms with van der Waals surface area (Å²) in [6.45, 7) is 0.946. The number of alkyl halides is 2. The first-order valence-electron chi connectivity index (χ1n) is 9.17. The second-order valence-electron chi connectivity index (χ2n) is 6.66. The average Bonchev–Trinajstić information content (AvgIpc) is 2.80. The molecule has 0 aromatic heterocycles. The highest BCUT2D eigenvalue weighted by atomic mass is 35.5. The molecule has 0 fully saturated rings. The monoisotopic (exact) mass is 460 g/mol. The summed E-state index contributed by atoms with van der Waals surface area (Å²) in [7, 11) is 0.971. The molecule has 32 heavy (non-hydrogen) atoms. The number of rotatable bonds is 6. The Morgan fingerprint density at radius 2 is 1.53 bits per heavy atom. The number of benzene rings is 2. The van der Waals surface area contributed by atoms with Crippen molar-refractivity contribution in [2.24, 2.45) is 0 Å². The van der Waals surface area contributed by atoms with Crippen molar-refractivity contribution in [3.05, 3.63) is 70.2 Å². The highest BCUT2D eigenvalue weighted by Gasteiger charge is 2.48. The zero-order valence-corrected chi connectivity index (χ0v) is 17.8. The summed E-state index contributed by atoms with van der Waals surface area (Å²) < 4.78 is 31.6. The fraction of sp³-hybridized carbons (Fsp3) is 0.217. The van der Waals surface area contributed by atoms with Gasteiger partial charge in [0.2, 0.25) is 0 Å². The fourth-order valence-corrected chi connectivity index (χ4v) is 2.65. The van der Waals surface area contributed by atoms with Gasteiger partial charge in [0.1, 0.15) is 6.04 Å². The fourth-order valence-electron chi connectivity index (χ4n) is 2.53. The van der Waals surface area contributed by atoms with Crippen LogP contribution in [0.5, 0.6) is 0 Å². The Morgan fingerprint density at radius 1 is 1.03 bits per heavy atom. The van der Waals surface area contributed by atoms with Gasteiger partial charge in [0.15, 0.2) is 5.60 Å². The van der Waals surface area contributed by atoms with E-state index in [2.05, 4.69) is 29.0 Å². The third kappa shape index (κ3) is 6.29. The van der Waals surface area contributed by atoms with E-state index in [9.17, 15) is 18.4 Å². The van der Waals surface area contributed by atoms with Crippen molar-refractivity contribution in [1.82, 2.24) is 10.8 Å². The van der Waals surface area contributed by atoms with Gasteiger partial charge in [-0.15, -0.1) is 0 Å². The normalized spacial score (nSPS) is 13.0. The molecular weight excluding hydrogens is 442 g/mol. The molecule has 0 aliphatic rings. The smallest absolute Gasteiger partial charge is 0.269 e. The topological polar surface area (TPSA) is 87.7 Å². The van der Waals surface area contributed by atoms with E-state index in [1.807, 2.05) is 0 Å². The van der Waals surface area contributed by atoms with Crippen LogP contribution in [0.4, 0.5) is 8.78 Å². The molecule has 0 aliphatic carbocycles. The van der Waals surface area contributed by atoms with Crippen LogP contribution in [0.3, 0.4) is 0 Å². The number of hydrogen-bond acceptors (Lipinski definition) is 4. The van der Waals surface area contributed by atoms with Crippen molar-refractivity contribution >= 4 is 23.4 Å². The molecule has 2 rings (SSSR count). The van der Waals surface area contributed by atoms with E-state index in [0.717, 1.165) is 19.6 Å². The van der Waals surface area contributed by atoms with Gasteiger partial charge in [0.05, 0.1) is 0 Å². The summed E-state index contributed by atoms with van der Waals surface area (Å²) >= 11 is 5.81. The predicted molar refractivity (Wildman–Crippen MR) is 114 cm³/mol. The van der Waals surface area contributed by atoms with Gasteiger partial charge in [0.25, 0.3) is 18.2 Å². The molecule has 0 bridgehead atoms. The Balaban J connectivity index is 2.12. The van der Waals surface area contributed by atoms with Crippen molar-refractivity contribution in [1.29, 1.82) is 0 Å². The predicted octanol–water partition coefficient (Wildman–Crippen LogP) is 3.02. The number of carbonyl (C=O) groups excluding carboxylic acids is 2. The molecule has 2 aromatic carbocycles. The molecule has 2 amide bonds. The lowest BCUT2D eigenvalue weighted by atomic mass is 9.95. The molecule has 2 unspecified atom stereocenters. The Kier molecular flexibility index (Phi) is 8.74. The second-order valence-corrected chi connectivity index (χ2v) is 7.09. The van der Waals surface area contributed by atoms with E-state index in [0.29, 0.717) is 10.6 Å². The molecule has 3 N–H and O–H groups in total. The summed E-state index contributed by atoms with van der Waals surface area (Å²) in [5, 5.41) is 11.6. The van der Waals surface area contributed by atoms with Crippen LogP contribution in [0.1, 0.15) is 28.4 Å². The first kappa shape index (κ1) is 24.8. The number of hydrogen-bond donors (Lipinski definition) is 3. The van der Waals surface area contributed by atoms with Crippen molar-refractivity contribution in [2.75, 3.05) is 7.11 Å². The molecule has 0 saturated carbocycles. The molecule has 6 nitrogen and oxygen atoms in total. The molecule has 0 radical (unpaired) electrons. The maximum absolute atomic E-state index is 13.4. The lowest BCUT2D eigenvalue weighted by Crippen LogP contribution is -2.62. The van der Waals surface area contributed by atoms with Crippen molar-refractivity contribution < 1.29 is 28.3 Å². The Hall–Kier alpha value is -3.43. The number of hydroxylamine groups is 1. The van der Waals surface area contributed by atoms with E-state index in [1.54, 1.807) is 24.3 Å². The number of halogens is 3. The van der Waals surface area contributed by atoms with E-state index >= 15 is 0 Å². The van der Waals surface area contributed by atoms with Gasteiger partial charge in [-0.25, -0.2) is 14.3 Å². The SMILES string of the molecule is COC(C)(C(F)F)C(NC(=O)c1ccc(C#CC#Cc2ccc(Cl)cc2)cc1)C(=O)NO. The van der Waals surface area contributed by atoms with Gasteiger partial charge >= 0.3 is 0 Å². The maximum atomic E-state index is 13.4. The third-order valence-corrected chi connectivity index (χ3v) is 4.81. The van der Waals surface area contributed by atoms with E-state index < -0.39 is 29.9 Å². The Labute approximate surface area is 188 Å². The molecule has 166 valence electrons. The standard InChI is InChI=1S/C23H19ClF2N2O4/c1-23(32-2,22(25)26)19(21(30)28-31)27-20(29)17-11-7-15(8-12-17)5-3-4-6-16-9-13-18(24)14-10-16/h7-14,19,22,31H,1-2H3,(H,27,29)(H,28,30). The molecule has 9 heteroatoms. The first-order valence-corrected chi connectivity index (χ1v) is 9.55. The minimum Gasteiger partial charge on any atom is -0.370 e. The molecular formula is C23H19ClF2N2O4.